The highest BCUT2D eigenvalue weighted by atomic mass is 15.1. The van der Waals surface area contributed by atoms with E-state index in [1.807, 2.05) is 0 Å². The van der Waals surface area contributed by atoms with Crippen LogP contribution in [0.2, 0.25) is 0 Å². The summed E-state index contributed by atoms with van der Waals surface area (Å²) < 4.78 is 2.63. The minimum absolute atomic E-state index is 0.0321. The van der Waals surface area contributed by atoms with Gasteiger partial charge in [0.15, 0.2) is 0 Å². The first-order valence-corrected chi connectivity index (χ1v) is 19.2. The van der Waals surface area contributed by atoms with Crippen LogP contribution in [0.25, 0.3) is 61.2 Å². The van der Waals surface area contributed by atoms with Gasteiger partial charge in [-0.1, -0.05) is 104 Å². The van der Waals surface area contributed by atoms with Gasteiger partial charge in [0.1, 0.15) is 5.82 Å². The Balaban J connectivity index is 1.35. The smallest absolute Gasteiger partial charge is 0.248 e. The Bertz CT molecular complexity index is 2610. The third-order valence-electron chi connectivity index (χ3n) is 13.0. The molecule has 3 heteroatoms. The molecule has 3 aliphatic rings. The van der Waals surface area contributed by atoms with Gasteiger partial charge in [-0.25, -0.2) is 4.98 Å². The molecular weight excluding hydrogens is 627 g/mol. The standard InChI is InChI=1S/C49H45BN2/c1-28-13-10-14-29(2)43(28)34-19-20-37-38-23-35(44-30(3)15-11-16-31(44)4)27-42-46(38)50(39(37)24-34)40-25-36(45-32(5)17-12-18-33(45)6)26-41-47(40)52(42)48(51-41)49(7)21-8-9-22-49/h10-20,23-27H,8-9,21-22H2,1-7H3. The fraction of sp³-hybridized carbons (Fsp3) is 0.245. The number of aryl methyl sites for hydroxylation is 6. The van der Waals surface area contributed by atoms with E-state index in [4.69, 9.17) is 4.98 Å². The number of imidazole rings is 1. The van der Waals surface area contributed by atoms with Crippen molar-refractivity contribution >= 4 is 34.1 Å². The Hall–Kier alpha value is -5.15. The fourth-order valence-electron chi connectivity index (χ4n) is 10.6. The van der Waals surface area contributed by atoms with Crippen LogP contribution >= 0.6 is 0 Å². The Morgan fingerprint density at radius 3 is 1.65 bits per heavy atom. The number of nitrogens with zero attached hydrogens (tertiary/aromatic N) is 2. The highest BCUT2D eigenvalue weighted by molar-refractivity contribution is 7.01. The van der Waals surface area contributed by atoms with Gasteiger partial charge < -0.3 is 0 Å². The Morgan fingerprint density at radius 1 is 0.558 bits per heavy atom. The van der Waals surface area contributed by atoms with Crippen LogP contribution in [-0.4, -0.2) is 16.3 Å². The molecular formula is C49H45BN2. The zero-order valence-electron chi connectivity index (χ0n) is 31.5. The average Bonchev–Trinajstić information content (AvgIpc) is 3.82. The molecule has 1 aliphatic carbocycles. The summed E-state index contributed by atoms with van der Waals surface area (Å²) in [5.41, 5.74) is 26.6. The van der Waals surface area contributed by atoms with Crippen LogP contribution in [0.4, 0.5) is 0 Å². The van der Waals surface area contributed by atoms with E-state index in [1.54, 1.807) is 0 Å². The second-order valence-electron chi connectivity index (χ2n) is 16.5. The second-order valence-corrected chi connectivity index (χ2v) is 16.5. The zero-order chi connectivity index (χ0) is 35.6. The number of rotatable bonds is 4. The van der Waals surface area contributed by atoms with Gasteiger partial charge in [0.25, 0.3) is 0 Å². The molecule has 3 heterocycles. The van der Waals surface area contributed by atoms with Crippen LogP contribution in [0.1, 0.15) is 71.8 Å². The summed E-state index contributed by atoms with van der Waals surface area (Å²) in [6.45, 7) is 16.1. The predicted octanol–water partition coefficient (Wildman–Crippen LogP) is 10.5. The van der Waals surface area contributed by atoms with Crippen molar-refractivity contribution < 1.29 is 0 Å². The quantitative estimate of drug-likeness (QED) is 0.170. The van der Waals surface area contributed by atoms with Crippen molar-refractivity contribution in [3.05, 3.63) is 136 Å². The van der Waals surface area contributed by atoms with Crippen molar-refractivity contribution in [1.29, 1.82) is 0 Å². The number of hydrogen-bond donors (Lipinski definition) is 0. The van der Waals surface area contributed by atoms with Gasteiger partial charge in [0, 0.05) is 11.1 Å². The Kier molecular flexibility index (Phi) is 6.79. The molecule has 2 nitrogen and oxygen atoms in total. The largest absolute Gasteiger partial charge is 0.297 e. The van der Waals surface area contributed by atoms with Gasteiger partial charge in [-0.2, -0.15) is 0 Å². The van der Waals surface area contributed by atoms with Gasteiger partial charge in [-0.05, 0) is 161 Å². The SMILES string of the molecule is Cc1cccc(C)c1-c1ccc2c(c1)B1c3c-2cc(-c2c(C)cccc2C)cc3-n2c(C3(C)CCCC3)nc3cc(-c4c(C)cccc4C)cc1c32. The molecule has 1 fully saturated rings. The maximum absolute atomic E-state index is 5.72. The molecule has 0 radical (unpaired) electrons. The van der Waals surface area contributed by atoms with Gasteiger partial charge >= 0.3 is 0 Å². The first-order chi connectivity index (χ1) is 25.1. The summed E-state index contributed by atoms with van der Waals surface area (Å²) >= 11 is 0. The molecule has 52 heavy (non-hydrogen) atoms. The molecule has 254 valence electrons. The van der Waals surface area contributed by atoms with Crippen LogP contribution in [0.15, 0.2) is 97.1 Å². The van der Waals surface area contributed by atoms with Crippen molar-refractivity contribution in [2.24, 2.45) is 0 Å². The van der Waals surface area contributed by atoms with Crippen molar-refractivity contribution in [3.63, 3.8) is 0 Å². The molecule has 0 unspecified atom stereocenters. The topological polar surface area (TPSA) is 17.8 Å². The lowest BCUT2D eigenvalue weighted by Gasteiger charge is -2.30. The lowest BCUT2D eigenvalue weighted by atomic mass is 9.37. The minimum Gasteiger partial charge on any atom is -0.297 e. The van der Waals surface area contributed by atoms with E-state index in [-0.39, 0.29) is 12.1 Å². The molecule has 1 aromatic heterocycles. The monoisotopic (exact) mass is 672 g/mol. The summed E-state index contributed by atoms with van der Waals surface area (Å²) in [7, 11) is 0. The van der Waals surface area contributed by atoms with E-state index in [0.717, 1.165) is 5.52 Å². The van der Waals surface area contributed by atoms with Gasteiger partial charge in [0.2, 0.25) is 6.71 Å². The number of benzene rings is 6. The summed E-state index contributed by atoms with van der Waals surface area (Å²) in [6, 6.07) is 37.4. The summed E-state index contributed by atoms with van der Waals surface area (Å²) in [6.07, 6.45) is 4.87. The van der Waals surface area contributed by atoms with Gasteiger partial charge in [-0.3, -0.25) is 4.57 Å². The number of hydrogen-bond acceptors (Lipinski definition) is 1. The molecule has 0 bridgehead atoms. The maximum atomic E-state index is 5.72. The Labute approximate surface area is 308 Å². The Morgan fingerprint density at radius 2 is 1.08 bits per heavy atom. The maximum Gasteiger partial charge on any atom is 0.248 e. The minimum atomic E-state index is 0.0321. The van der Waals surface area contributed by atoms with E-state index < -0.39 is 0 Å². The number of aromatic nitrogens is 2. The van der Waals surface area contributed by atoms with Crippen LogP contribution in [0, 0.1) is 41.5 Å². The zero-order valence-corrected chi connectivity index (χ0v) is 31.5. The van der Waals surface area contributed by atoms with Crippen molar-refractivity contribution in [2.75, 3.05) is 0 Å². The van der Waals surface area contributed by atoms with Crippen LogP contribution in [-0.2, 0) is 5.41 Å². The highest BCUT2D eigenvalue weighted by Crippen LogP contribution is 2.46. The predicted molar refractivity (Wildman–Crippen MR) is 222 cm³/mol. The molecule has 1 saturated carbocycles. The highest BCUT2D eigenvalue weighted by Gasteiger charge is 2.45. The third-order valence-corrected chi connectivity index (χ3v) is 13.0. The fourth-order valence-corrected chi connectivity index (χ4v) is 10.6. The molecule has 0 N–H and O–H groups in total. The summed E-state index contributed by atoms with van der Waals surface area (Å²) in [4.78, 5) is 5.72. The van der Waals surface area contributed by atoms with Crippen LogP contribution in [0.5, 0.6) is 0 Å². The average molecular weight is 673 g/mol. The summed E-state index contributed by atoms with van der Waals surface area (Å²) in [5.74, 6) is 1.24. The van der Waals surface area contributed by atoms with Gasteiger partial charge in [-0.15, -0.1) is 0 Å². The first kappa shape index (κ1) is 31.6. The molecule has 0 spiro atoms. The lowest BCUT2D eigenvalue weighted by Crippen LogP contribution is -2.53. The summed E-state index contributed by atoms with van der Waals surface area (Å²) in [5, 5.41) is 0. The molecule has 0 atom stereocenters. The third kappa shape index (κ3) is 4.35. The van der Waals surface area contributed by atoms with Gasteiger partial charge in [0.05, 0.1) is 11.0 Å². The van der Waals surface area contributed by atoms with E-state index in [0.29, 0.717) is 0 Å². The van der Waals surface area contributed by atoms with Crippen molar-refractivity contribution in [2.45, 2.75) is 79.6 Å². The molecule has 0 amide bonds. The molecule has 6 aromatic carbocycles. The van der Waals surface area contributed by atoms with Crippen LogP contribution in [0.3, 0.4) is 0 Å². The van der Waals surface area contributed by atoms with E-state index in [2.05, 4.69) is 150 Å². The molecule has 10 rings (SSSR count). The van der Waals surface area contributed by atoms with E-state index >= 15 is 0 Å². The normalized spacial score (nSPS) is 15.0. The second kappa shape index (κ2) is 11.2. The molecule has 2 aliphatic heterocycles. The van der Waals surface area contributed by atoms with Crippen molar-refractivity contribution in [3.8, 4) is 50.2 Å². The van der Waals surface area contributed by atoms with Crippen LogP contribution < -0.4 is 16.4 Å². The lowest BCUT2D eigenvalue weighted by molar-refractivity contribution is 0.454. The van der Waals surface area contributed by atoms with E-state index in [1.165, 1.54) is 137 Å². The van der Waals surface area contributed by atoms with Crippen molar-refractivity contribution in [1.82, 2.24) is 9.55 Å². The van der Waals surface area contributed by atoms with E-state index in [9.17, 15) is 0 Å². The molecule has 0 saturated heterocycles. The molecule has 7 aromatic rings. The first-order valence-electron chi connectivity index (χ1n) is 19.2. The number of fused-ring (bicyclic) bond motifs is 5.